The molecule has 4 rings (SSSR count). The number of nitrogens with one attached hydrogen (secondary N) is 1. The van der Waals surface area contributed by atoms with Crippen molar-refractivity contribution < 1.29 is 9.47 Å². The maximum absolute atomic E-state index is 13.5. The molecule has 0 fully saturated rings. The maximum Gasteiger partial charge on any atom is 0.280 e. The maximum atomic E-state index is 13.5. The van der Waals surface area contributed by atoms with E-state index in [1.54, 1.807) is 7.11 Å². The van der Waals surface area contributed by atoms with Gasteiger partial charge in [-0.3, -0.25) is 14.9 Å². The van der Waals surface area contributed by atoms with Gasteiger partial charge < -0.3 is 9.47 Å². The van der Waals surface area contributed by atoms with Crippen molar-refractivity contribution in [3.8, 4) is 28.4 Å². The van der Waals surface area contributed by atoms with Crippen LogP contribution >= 0.6 is 0 Å². The fourth-order valence-corrected chi connectivity index (χ4v) is 3.53. The van der Waals surface area contributed by atoms with Gasteiger partial charge >= 0.3 is 0 Å². The molecule has 0 saturated heterocycles. The third kappa shape index (κ3) is 4.34. The molecule has 0 saturated carbocycles. The van der Waals surface area contributed by atoms with Gasteiger partial charge in [0.1, 0.15) is 11.5 Å². The Labute approximate surface area is 186 Å². The van der Waals surface area contributed by atoms with Crippen LogP contribution in [0.2, 0.25) is 0 Å². The summed E-state index contributed by atoms with van der Waals surface area (Å²) in [6, 6.07) is 24.6. The molecule has 4 aromatic rings. The van der Waals surface area contributed by atoms with Gasteiger partial charge in [-0.1, -0.05) is 30.3 Å². The Morgan fingerprint density at radius 1 is 0.938 bits per heavy atom. The smallest absolute Gasteiger partial charge is 0.280 e. The number of aliphatic imine (C=N–C) groups is 1. The zero-order chi connectivity index (χ0) is 22.5. The molecular weight excluding hydrogens is 402 g/mol. The molecule has 162 valence electrons. The lowest BCUT2D eigenvalue weighted by atomic mass is 10.1. The standard InChI is InChI=1S/C26H25N3O3/c1-4-32-23-14-10-20(11-15-23)27-18(2)24-25(19-8-6-5-7-9-19)28-29(26(24)30)21-12-16-22(31-3)17-13-21/h5-17,28H,4H2,1-3H3. The van der Waals surface area contributed by atoms with Crippen molar-refractivity contribution in [1.29, 1.82) is 0 Å². The molecule has 0 unspecified atom stereocenters. The summed E-state index contributed by atoms with van der Waals surface area (Å²) in [7, 11) is 1.61. The first-order valence-corrected chi connectivity index (χ1v) is 10.4. The number of methoxy groups -OCH3 is 1. The molecule has 0 atom stereocenters. The summed E-state index contributed by atoms with van der Waals surface area (Å²) < 4.78 is 12.3. The molecular formula is C26H25N3O3. The Morgan fingerprint density at radius 3 is 2.22 bits per heavy atom. The Kier molecular flexibility index (Phi) is 6.22. The molecule has 0 aliphatic heterocycles. The number of aromatic amines is 1. The van der Waals surface area contributed by atoms with Crippen LogP contribution in [0.5, 0.6) is 11.5 Å². The number of ether oxygens (including phenoxy) is 2. The second-order valence-electron chi connectivity index (χ2n) is 7.19. The summed E-state index contributed by atoms with van der Waals surface area (Å²) in [6.45, 7) is 4.41. The number of rotatable bonds is 7. The van der Waals surface area contributed by atoms with Crippen molar-refractivity contribution in [3.05, 3.63) is 94.8 Å². The molecule has 1 heterocycles. The van der Waals surface area contributed by atoms with Crippen LogP contribution in [-0.4, -0.2) is 29.2 Å². The van der Waals surface area contributed by atoms with E-state index in [-0.39, 0.29) is 5.56 Å². The molecule has 3 aromatic carbocycles. The predicted octanol–water partition coefficient (Wildman–Crippen LogP) is 5.38. The van der Waals surface area contributed by atoms with Gasteiger partial charge in [0.2, 0.25) is 0 Å². The average molecular weight is 428 g/mol. The zero-order valence-electron chi connectivity index (χ0n) is 18.3. The van der Waals surface area contributed by atoms with Gasteiger partial charge in [0.15, 0.2) is 0 Å². The zero-order valence-corrected chi connectivity index (χ0v) is 18.3. The summed E-state index contributed by atoms with van der Waals surface area (Å²) in [5.41, 5.74) is 4.09. The highest BCUT2D eigenvalue weighted by Gasteiger charge is 2.19. The summed E-state index contributed by atoms with van der Waals surface area (Å²) in [5, 5.41) is 3.28. The second-order valence-corrected chi connectivity index (χ2v) is 7.19. The first-order chi connectivity index (χ1) is 15.6. The van der Waals surface area contributed by atoms with Gasteiger partial charge in [-0.15, -0.1) is 0 Å². The van der Waals surface area contributed by atoms with Crippen LogP contribution in [0.15, 0.2) is 88.6 Å². The Morgan fingerprint density at radius 2 is 1.59 bits per heavy atom. The van der Waals surface area contributed by atoms with E-state index in [4.69, 9.17) is 14.5 Å². The van der Waals surface area contributed by atoms with E-state index in [1.807, 2.05) is 92.7 Å². The lowest BCUT2D eigenvalue weighted by Crippen LogP contribution is -2.19. The van der Waals surface area contributed by atoms with Gasteiger partial charge in [0.05, 0.1) is 42.1 Å². The highest BCUT2D eigenvalue weighted by atomic mass is 16.5. The summed E-state index contributed by atoms with van der Waals surface area (Å²) >= 11 is 0. The van der Waals surface area contributed by atoms with Gasteiger partial charge in [0.25, 0.3) is 5.56 Å². The molecule has 0 aliphatic rings. The minimum atomic E-state index is -0.166. The molecule has 32 heavy (non-hydrogen) atoms. The third-order valence-corrected chi connectivity index (χ3v) is 5.09. The normalized spacial score (nSPS) is 11.4. The molecule has 0 spiro atoms. The summed E-state index contributed by atoms with van der Waals surface area (Å²) in [6.07, 6.45) is 0. The summed E-state index contributed by atoms with van der Waals surface area (Å²) in [4.78, 5) is 18.2. The molecule has 1 aromatic heterocycles. The van der Waals surface area contributed by atoms with Crippen LogP contribution in [0.25, 0.3) is 16.9 Å². The number of benzene rings is 3. The fourth-order valence-electron chi connectivity index (χ4n) is 3.53. The van der Waals surface area contributed by atoms with E-state index >= 15 is 0 Å². The van der Waals surface area contributed by atoms with Crippen molar-refractivity contribution in [2.24, 2.45) is 4.99 Å². The topological polar surface area (TPSA) is 68.6 Å². The molecule has 0 bridgehead atoms. The first-order valence-electron chi connectivity index (χ1n) is 10.4. The molecule has 0 amide bonds. The van der Waals surface area contributed by atoms with Crippen LogP contribution in [0.4, 0.5) is 5.69 Å². The Hall–Kier alpha value is -4.06. The monoisotopic (exact) mass is 427 g/mol. The minimum Gasteiger partial charge on any atom is -0.497 e. The number of nitrogens with zero attached hydrogens (tertiary/aromatic N) is 2. The number of H-pyrrole nitrogens is 1. The third-order valence-electron chi connectivity index (χ3n) is 5.09. The van der Waals surface area contributed by atoms with E-state index in [0.717, 1.165) is 28.4 Å². The lowest BCUT2D eigenvalue weighted by molar-refractivity contribution is 0.340. The van der Waals surface area contributed by atoms with Gasteiger partial charge in [-0.05, 0) is 62.4 Å². The Balaban J connectivity index is 1.82. The highest BCUT2D eigenvalue weighted by Crippen LogP contribution is 2.24. The van der Waals surface area contributed by atoms with Crippen LogP contribution in [-0.2, 0) is 0 Å². The van der Waals surface area contributed by atoms with E-state index in [2.05, 4.69) is 5.10 Å². The van der Waals surface area contributed by atoms with E-state index < -0.39 is 0 Å². The van der Waals surface area contributed by atoms with E-state index in [1.165, 1.54) is 4.68 Å². The quantitative estimate of drug-likeness (QED) is 0.403. The van der Waals surface area contributed by atoms with Crippen molar-refractivity contribution in [3.63, 3.8) is 0 Å². The SMILES string of the molecule is CCOc1ccc(N=C(C)c2c(-c3ccccc3)[nH]n(-c3ccc(OC)cc3)c2=O)cc1. The number of hydrogen-bond donors (Lipinski definition) is 1. The molecule has 6 nitrogen and oxygen atoms in total. The number of hydrogen-bond acceptors (Lipinski definition) is 4. The molecule has 1 N–H and O–H groups in total. The van der Waals surface area contributed by atoms with Crippen molar-refractivity contribution >= 4 is 11.4 Å². The van der Waals surface area contributed by atoms with Gasteiger partial charge in [-0.25, -0.2) is 4.68 Å². The highest BCUT2D eigenvalue weighted by molar-refractivity contribution is 6.04. The predicted molar refractivity (Wildman–Crippen MR) is 128 cm³/mol. The molecule has 0 radical (unpaired) electrons. The van der Waals surface area contributed by atoms with Crippen molar-refractivity contribution in [2.45, 2.75) is 13.8 Å². The van der Waals surface area contributed by atoms with Crippen LogP contribution in [0.3, 0.4) is 0 Å². The van der Waals surface area contributed by atoms with Gasteiger partial charge in [0, 0.05) is 5.56 Å². The van der Waals surface area contributed by atoms with Crippen LogP contribution in [0, 0.1) is 0 Å². The van der Waals surface area contributed by atoms with Crippen LogP contribution in [0.1, 0.15) is 19.4 Å². The molecule has 0 aliphatic carbocycles. The fraction of sp³-hybridized carbons (Fsp3) is 0.154. The largest absolute Gasteiger partial charge is 0.497 e. The molecule has 6 heteroatoms. The van der Waals surface area contributed by atoms with Crippen molar-refractivity contribution in [1.82, 2.24) is 9.78 Å². The minimum absolute atomic E-state index is 0.166. The van der Waals surface area contributed by atoms with Crippen molar-refractivity contribution in [2.75, 3.05) is 13.7 Å². The van der Waals surface area contributed by atoms with Gasteiger partial charge in [-0.2, -0.15) is 0 Å². The lowest BCUT2D eigenvalue weighted by Gasteiger charge is -2.05. The Bertz CT molecular complexity index is 1270. The summed E-state index contributed by atoms with van der Waals surface area (Å²) in [5.74, 6) is 1.52. The van der Waals surface area contributed by atoms with Crippen LogP contribution < -0.4 is 15.0 Å². The van der Waals surface area contributed by atoms with E-state index in [9.17, 15) is 4.79 Å². The van der Waals surface area contributed by atoms with E-state index in [0.29, 0.717) is 23.6 Å². The number of aromatic nitrogens is 2. The first kappa shape index (κ1) is 21.2. The second kappa shape index (κ2) is 9.39. The average Bonchev–Trinajstić information content (AvgIpc) is 3.18.